The Morgan fingerprint density at radius 3 is 2.50 bits per heavy atom. The number of sulfonamides is 1. The van der Waals surface area contributed by atoms with Crippen molar-refractivity contribution in [3.8, 4) is 0 Å². The second-order valence-corrected chi connectivity index (χ2v) is 5.74. The van der Waals surface area contributed by atoms with Crippen LogP contribution in [0, 0.1) is 0 Å². The van der Waals surface area contributed by atoms with E-state index in [0.29, 0.717) is 13.0 Å². The van der Waals surface area contributed by atoms with Crippen LogP contribution in [0.5, 0.6) is 0 Å². The third kappa shape index (κ3) is 1.97. The molecule has 12 heavy (non-hydrogen) atoms. The molecule has 0 aromatic rings. The predicted molar refractivity (Wildman–Crippen MR) is 46.3 cm³/mol. The number of hydrogen-bond acceptors (Lipinski definition) is 3. The molecule has 1 aliphatic rings. The fourth-order valence-corrected chi connectivity index (χ4v) is 2.53. The minimum atomic E-state index is -3.10. The molecule has 0 bridgehead atoms. The van der Waals surface area contributed by atoms with E-state index in [4.69, 9.17) is 0 Å². The van der Waals surface area contributed by atoms with Crippen molar-refractivity contribution in [3.05, 3.63) is 0 Å². The summed E-state index contributed by atoms with van der Waals surface area (Å²) >= 11 is 0. The van der Waals surface area contributed by atoms with Crippen LogP contribution in [0.4, 0.5) is 0 Å². The molecular formula is C7H15NO3S. The third-order valence-corrected chi connectivity index (χ3v) is 4.00. The van der Waals surface area contributed by atoms with E-state index in [1.54, 1.807) is 13.8 Å². The molecule has 0 radical (unpaired) electrons. The van der Waals surface area contributed by atoms with Gasteiger partial charge in [-0.2, -0.15) is 4.31 Å². The van der Waals surface area contributed by atoms with Crippen LogP contribution in [-0.2, 0) is 10.0 Å². The Kier molecular flexibility index (Phi) is 2.47. The molecule has 1 rings (SSSR count). The highest BCUT2D eigenvalue weighted by Crippen LogP contribution is 2.22. The van der Waals surface area contributed by atoms with Crippen LogP contribution in [-0.4, -0.2) is 42.3 Å². The normalized spacial score (nSPS) is 32.6. The molecule has 0 aromatic heterocycles. The molecule has 72 valence electrons. The van der Waals surface area contributed by atoms with E-state index in [1.807, 2.05) is 0 Å². The van der Waals surface area contributed by atoms with Gasteiger partial charge in [0.2, 0.25) is 10.0 Å². The Hall–Kier alpha value is -0.130. The summed E-state index contributed by atoms with van der Waals surface area (Å²) in [5.74, 6) is 0.114. The summed E-state index contributed by atoms with van der Waals surface area (Å²) in [4.78, 5) is 0. The SMILES string of the molecule is CCS(=O)(=O)N1CCC(C)(O)C1. The largest absolute Gasteiger partial charge is 0.389 e. The number of aliphatic hydroxyl groups is 1. The van der Waals surface area contributed by atoms with E-state index < -0.39 is 15.6 Å². The van der Waals surface area contributed by atoms with Crippen LogP contribution in [0.25, 0.3) is 0 Å². The van der Waals surface area contributed by atoms with Crippen molar-refractivity contribution < 1.29 is 13.5 Å². The topological polar surface area (TPSA) is 57.6 Å². The van der Waals surface area contributed by atoms with Gasteiger partial charge in [0.1, 0.15) is 0 Å². The highest BCUT2D eigenvalue weighted by molar-refractivity contribution is 7.89. The molecule has 0 aliphatic carbocycles. The average Bonchev–Trinajstić information content (AvgIpc) is 2.31. The summed E-state index contributed by atoms with van der Waals surface area (Å²) in [6.07, 6.45) is 0.534. The molecule has 0 spiro atoms. The Morgan fingerprint density at radius 2 is 2.17 bits per heavy atom. The van der Waals surface area contributed by atoms with E-state index in [2.05, 4.69) is 0 Å². The van der Waals surface area contributed by atoms with Gasteiger partial charge in [0, 0.05) is 13.1 Å². The van der Waals surface area contributed by atoms with Gasteiger partial charge in [0.05, 0.1) is 11.4 Å². The number of rotatable bonds is 2. The zero-order valence-corrected chi connectivity index (χ0v) is 8.26. The first-order chi connectivity index (χ1) is 5.37. The summed E-state index contributed by atoms with van der Waals surface area (Å²) in [5.41, 5.74) is -0.831. The summed E-state index contributed by atoms with van der Waals surface area (Å²) in [6.45, 7) is 3.97. The van der Waals surface area contributed by atoms with Crippen molar-refractivity contribution in [1.29, 1.82) is 0 Å². The van der Waals surface area contributed by atoms with Crippen LogP contribution in [0.1, 0.15) is 20.3 Å². The lowest BCUT2D eigenvalue weighted by atomic mass is 10.1. The second kappa shape index (κ2) is 2.97. The van der Waals surface area contributed by atoms with Gasteiger partial charge in [-0.1, -0.05) is 0 Å². The summed E-state index contributed by atoms with van der Waals surface area (Å²) in [7, 11) is -3.10. The Balaban J connectivity index is 2.71. The van der Waals surface area contributed by atoms with Crippen LogP contribution < -0.4 is 0 Å². The molecular weight excluding hydrogens is 178 g/mol. The summed E-state index contributed by atoms with van der Waals surface area (Å²) in [5, 5.41) is 9.52. The molecule has 5 heteroatoms. The van der Waals surface area contributed by atoms with Crippen molar-refractivity contribution in [1.82, 2.24) is 4.31 Å². The monoisotopic (exact) mass is 193 g/mol. The smallest absolute Gasteiger partial charge is 0.213 e. The van der Waals surface area contributed by atoms with E-state index in [0.717, 1.165) is 0 Å². The fourth-order valence-electron chi connectivity index (χ4n) is 1.32. The summed E-state index contributed by atoms with van der Waals surface area (Å²) < 4.78 is 24.0. The van der Waals surface area contributed by atoms with Gasteiger partial charge < -0.3 is 5.11 Å². The first kappa shape index (κ1) is 9.95. The van der Waals surface area contributed by atoms with Gasteiger partial charge in [-0.15, -0.1) is 0 Å². The zero-order valence-electron chi connectivity index (χ0n) is 7.45. The quantitative estimate of drug-likeness (QED) is 0.660. The van der Waals surface area contributed by atoms with Crippen molar-refractivity contribution in [2.24, 2.45) is 0 Å². The van der Waals surface area contributed by atoms with Crippen LogP contribution in [0.3, 0.4) is 0 Å². The van der Waals surface area contributed by atoms with Gasteiger partial charge in [0.25, 0.3) is 0 Å². The van der Waals surface area contributed by atoms with Crippen molar-refractivity contribution >= 4 is 10.0 Å². The van der Waals surface area contributed by atoms with Crippen molar-refractivity contribution in [2.75, 3.05) is 18.8 Å². The summed E-state index contributed by atoms with van der Waals surface area (Å²) in [6, 6.07) is 0. The maximum absolute atomic E-state index is 11.3. The molecule has 1 atom stereocenters. The van der Waals surface area contributed by atoms with Crippen molar-refractivity contribution in [2.45, 2.75) is 25.9 Å². The number of hydrogen-bond donors (Lipinski definition) is 1. The van der Waals surface area contributed by atoms with E-state index >= 15 is 0 Å². The molecule has 0 aromatic carbocycles. The lowest BCUT2D eigenvalue weighted by Gasteiger charge is -2.17. The fraction of sp³-hybridized carbons (Fsp3) is 1.00. The lowest BCUT2D eigenvalue weighted by Crippen LogP contribution is -2.34. The van der Waals surface area contributed by atoms with Gasteiger partial charge >= 0.3 is 0 Å². The van der Waals surface area contributed by atoms with Gasteiger partial charge in [-0.25, -0.2) is 8.42 Å². The van der Waals surface area contributed by atoms with E-state index in [1.165, 1.54) is 4.31 Å². The first-order valence-corrected chi connectivity index (χ1v) is 5.68. The van der Waals surface area contributed by atoms with Gasteiger partial charge in [-0.3, -0.25) is 0 Å². The zero-order chi connectivity index (χ0) is 9.41. The van der Waals surface area contributed by atoms with E-state index in [-0.39, 0.29) is 12.3 Å². The van der Waals surface area contributed by atoms with Gasteiger partial charge in [-0.05, 0) is 20.3 Å². The van der Waals surface area contributed by atoms with Gasteiger partial charge in [0.15, 0.2) is 0 Å². The first-order valence-electron chi connectivity index (χ1n) is 4.07. The van der Waals surface area contributed by atoms with E-state index in [9.17, 15) is 13.5 Å². The molecule has 0 amide bonds. The minimum Gasteiger partial charge on any atom is -0.389 e. The minimum absolute atomic E-state index is 0.114. The van der Waals surface area contributed by atoms with Crippen LogP contribution >= 0.6 is 0 Å². The molecule has 1 unspecified atom stereocenters. The molecule has 1 saturated heterocycles. The highest BCUT2D eigenvalue weighted by Gasteiger charge is 2.36. The standard InChI is InChI=1S/C7H15NO3S/c1-3-12(10,11)8-5-4-7(2,9)6-8/h9H,3-6H2,1-2H3. The molecule has 0 saturated carbocycles. The number of nitrogens with zero attached hydrogens (tertiary/aromatic N) is 1. The Morgan fingerprint density at radius 1 is 1.58 bits per heavy atom. The number of β-amino-alcohol motifs (C(OH)–C–C–N with tert-alkyl or cyclic N) is 1. The van der Waals surface area contributed by atoms with Crippen LogP contribution in [0.2, 0.25) is 0 Å². The predicted octanol–water partition coefficient (Wildman–Crippen LogP) is -0.207. The Labute approximate surface area is 73.2 Å². The molecule has 4 nitrogen and oxygen atoms in total. The molecule has 1 fully saturated rings. The second-order valence-electron chi connectivity index (χ2n) is 3.48. The third-order valence-electron chi connectivity index (χ3n) is 2.17. The lowest BCUT2D eigenvalue weighted by molar-refractivity contribution is 0.0762. The van der Waals surface area contributed by atoms with Crippen LogP contribution in [0.15, 0.2) is 0 Å². The maximum atomic E-state index is 11.3. The average molecular weight is 193 g/mol. The molecule has 1 N–H and O–H groups in total. The maximum Gasteiger partial charge on any atom is 0.213 e. The molecule has 1 heterocycles. The van der Waals surface area contributed by atoms with Crippen molar-refractivity contribution in [3.63, 3.8) is 0 Å². The molecule has 1 aliphatic heterocycles. The highest BCUT2D eigenvalue weighted by atomic mass is 32.2. The Bertz CT molecular complexity index is 258.